The minimum atomic E-state index is -0.333. The highest BCUT2D eigenvalue weighted by molar-refractivity contribution is 5.93. The molecule has 0 atom stereocenters. The number of nitrogens with two attached hydrogens (primary N) is 1. The average molecular weight is 277 g/mol. The van der Waals surface area contributed by atoms with Gasteiger partial charge in [0.25, 0.3) is 0 Å². The van der Waals surface area contributed by atoms with Gasteiger partial charge >= 0.3 is 5.97 Å². The van der Waals surface area contributed by atoms with Gasteiger partial charge < -0.3 is 15.2 Å². The van der Waals surface area contributed by atoms with Crippen LogP contribution in [0.25, 0.3) is 0 Å². The van der Waals surface area contributed by atoms with Crippen LogP contribution in [-0.4, -0.2) is 18.2 Å². The minimum Gasteiger partial charge on any atom is -0.490 e. The van der Waals surface area contributed by atoms with Crippen LogP contribution in [0.1, 0.15) is 56.3 Å². The third-order valence-corrected chi connectivity index (χ3v) is 3.41. The molecule has 0 aliphatic heterocycles. The summed E-state index contributed by atoms with van der Waals surface area (Å²) in [5.74, 6) is 0.204. The van der Waals surface area contributed by atoms with Crippen LogP contribution in [-0.2, 0) is 4.74 Å². The van der Waals surface area contributed by atoms with E-state index in [1.807, 2.05) is 13.8 Å². The fourth-order valence-electron chi connectivity index (χ4n) is 2.46. The van der Waals surface area contributed by atoms with Crippen molar-refractivity contribution < 1.29 is 14.3 Å². The number of carbonyl (C=O) groups is 1. The number of carbonyl (C=O) groups excluding carboxylic acids is 1. The number of hydrogen-bond acceptors (Lipinski definition) is 4. The Morgan fingerprint density at radius 3 is 2.60 bits per heavy atom. The minimum absolute atomic E-state index is 0.000134. The van der Waals surface area contributed by atoms with Gasteiger partial charge in [-0.1, -0.05) is 6.42 Å². The Kier molecular flexibility index (Phi) is 4.88. The SMILES string of the molecule is CC(C)Oc1ccc(N)cc1C(=O)OC1CCCCC1. The summed E-state index contributed by atoms with van der Waals surface area (Å²) in [7, 11) is 0. The van der Waals surface area contributed by atoms with Crippen LogP contribution in [0.3, 0.4) is 0 Å². The molecule has 1 saturated carbocycles. The quantitative estimate of drug-likeness (QED) is 0.675. The first-order chi connectivity index (χ1) is 9.56. The fraction of sp³-hybridized carbons (Fsp3) is 0.562. The molecule has 110 valence electrons. The number of anilines is 1. The Morgan fingerprint density at radius 1 is 1.25 bits per heavy atom. The molecule has 0 amide bonds. The van der Waals surface area contributed by atoms with Crippen LogP contribution in [0.5, 0.6) is 5.75 Å². The number of esters is 1. The van der Waals surface area contributed by atoms with E-state index in [9.17, 15) is 4.79 Å². The maximum Gasteiger partial charge on any atom is 0.342 e. The van der Waals surface area contributed by atoms with Crippen molar-refractivity contribution in [2.75, 3.05) is 5.73 Å². The Hall–Kier alpha value is -1.71. The zero-order valence-electron chi connectivity index (χ0n) is 12.2. The molecule has 0 saturated heterocycles. The highest BCUT2D eigenvalue weighted by Crippen LogP contribution is 2.26. The van der Waals surface area contributed by atoms with Crippen LogP contribution in [0, 0.1) is 0 Å². The molecule has 0 aromatic heterocycles. The number of hydrogen-bond donors (Lipinski definition) is 1. The fourth-order valence-corrected chi connectivity index (χ4v) is 2.46. The number of benzene rings is 1. The lowest BCUT2D eigenvalue weighted by Gasteiger charge is -2.22. The molecule has 4 nitrogen and oxygen atoms in total. The van der Waals surface area contributed by atoms with Crippen molar-refractivity contribution in [3.8, 4) is 5.75 Å². The highest BCUT2D eigenvalue weighted by atomic mass is 16.5. The van der Waals surface area contributed by atoms with Crippen molar-refractivity contribution in [2.45, 2.75) is 58.2 Å². The number of ether oxygens (including phenoxy) is 2. The van der Waals surface area contributed by atoms with Gasteiger partial charge in [-0.3, -0.25) is 0 Å². The molecular weight excluding hydrogens is 254 g/mol. The van der Waals surface area contributed by atoms with E-state index < -0.39 is 0 Å². The summed E-state index contributed by atoms with van der Waals surface area (Å²) in [4.78, 5) is 12.3. The molecule has 0 unspecified atom stereocenters. The van der Waals surface area contributed by atoms with E-state index in [2.05, 4.69) is 0 Å². The van der Waals surface area contributed by atoms with Gasteiger partial charge in [0.1, 0.15) is 17.4 Å². The standard InChI is InChI=1S/C16H23NO3/c1-11(2)19-15-9-8-12(17)10-14(15)16(18)20-13-6-4-3-5-7-13/h8-11,13H,3-7,17H2,1-2H3. The lowest BCUT2D eigenvalue weighted by atomic mass is 9.98. The second kappa shape index (κ2) is 6.64. The number of rotatable bonds is 4. The normalized spacial score (nSPS) is 16.1. The lowest BCUT2D eigenvalue weighted by molar-refractivity contribution is 0.0206. The summed E-state index contributed by atoms with van der Waals surface area (Å²) in [5, 5.41) is 0. The highest BCUT2D eigenvalue weighted by Gasteiger charge is 2.21. The lowest BCUT2D eigenvalue weighted by Crippen LogP contribution is -2.22. The van der Waals surface area contributed by atoms with Gasteiger partial charge in [0.05, 0.1) is 6.10 Å². The van der Waals surface area contributed by atoms with Crippen molar-refractivity contribution in [1.82, 2.24) is 0 Å². The molecule has 4 heteroatoms. The largest absolute Gasteiger partial charge is 0.490 e. The maximum absolute atomic E-state index is 12.3. The summed E-state index contributed by atoms with van der Waals surface area (Å²) >= 11 is 0. The molecule has 1 aromatic rings. The van der Waals surface area contributed by atoms with E-state index in [1.54, 1.807) is 18.2 Å². The predicted octanol–water partition coefficient (Wildman–Crippen LogP) is 3.55. The summed E-state index contributed by atoms with van der Waals surface area (Å²) in [5.41, 5.74) is 6.73. The predicted molar refractivity (Wildman–Crippen MR) is 78.9 cm³/mol. The average Bonchev–Trinajstić information content (AvgIpc) is 2.41. The van der Waals surface area contributed by atoms with Gasteiger partial charge in [-0.05, 0) is 57.7 Å². The van der Waals surface area contributed by atoms with E-state index >= 15 is 0 Å². The van der Waals surface area contributed by atoms with Crippen LogP contribution in [0.15, 0.2) is 18.2 Å². The first-order valence-corrected chi connectivity index (χ1v) is 7.33. The first kappa shape index (κ1) is 14.7. The van der Waals surface area contributed by atoms with E-state index in [0.29, 0.717) is 17.0 Å². The van der Waals surface area contributed by atoms with Crippen molar-refractivity contribution in [1.29, 1.82) is 0 Å². The first-order valence-electron chi connectivity index (χ1n) is 7.33. The molecule has 0 spiro atoms. The molecule has 0 bridgehead atoms. The van der Waals surface area contributed by atoms with Crippen LogP contribution in [0.2, 0.25) is 0 Å². The van der Waals surface area contributed by atoms with Gasteiger partial charge in [0.2, 0.25) is 0 Å². The molecular formula is C16H23NO3. The van der Waals surface area contributed by atoms with Crippen molar-refractivity contribution in [3.63, 3.8) is 0 Å². The molecule has 2 N–H and O–H groups in total. The van der Waals surface area contributed by atoms with E-state index in [-0.39, 0.29) is 18.2 Å². The topological polar surface area (TPSA) is 61.5 Å². The molecule has 2 rings (SSSR count). The van der Waals surface area contributed by atoms with E-state index in [1.165, 1.54) is 6.42 Å². The second-order valence-electron chi connectivity index (χ2n) is 5.59. The maximum atomic E-state index is 12.3. The van der Waals surface area contributed by atoms with Crippen LogP contribution in [0.4, 0.5) is 5.69 Å². The Morgan fingerprint density at radius 2 is 1.95 bits per heavy atom. The van der Waals surface area contributed by atoms with Gasteiger partial charge in [0.15, 0.2) is 0 Å². The van der Waals surface area contributed by atoms with E-state index in [4.69, 9.17) is 15.2 Å². The molecule has 1 fully saturated rings. The van der Waals surface area contributed by atoms with Crippen LogP contribution >= 0.6 is 0 Å². The Bertz CT molecular complexity index is 465. The monoisotopic (exact) mass is 277 g/mol. The van der Waals surface area contributed by atoms with Crippen molar-refractivity contribution >= 4 is 11.7 Å². The van der Waals surface area contributed by atoms with E-state index in [0.717, 1.165) is 25.7 Å². The summed E-state index contributed by atoms with van der Waals surface area (Å²) in [6.07, 6.45) is 5.43. The summed E-state index contributed by atoms with van der Waals surface area (Å²) in [6.45, 7) is 3.85. The molecule has 1 aromatic carbocycles. The molecule has 0 radical (unpaired) electrons. The summed E-state index contributed by atoms with van der Waals surface area (Å²) < 4.78 is 11.2. The third-order valence-electron chi connectivity index (χ3n) is 3.41. The van der Waals surface area contributed by atoms with Gasteiger partial charge in [-0.2, -0.15) is 0 Å². The van der Waals surface area contributed by atoms with Gasteiger partial charge in [-0.15, -0.1) is 0 Å². The van der Waals surface area contributed by atoms with Crippen LogP contribution < -0.4 is 10.5 Å². The molecule has 1 aliphatic rings. The Balaban J connectivity index is 2.12. The van der Waals surface area contributed by atoms with Gasteiger partial charge in [-0.25, -0.2) is 4.79 Å². The Labute approximate surface area is 120 Å². The van der Waals surface area contributed by atoms with Crippen molar-refractivity contribution in [3.05, 3.63) is 23.8 Å². The third kappa shape index (κ3) is 3.89. The zero-order chi connectivity index (χ0) is 14.5. The second-order valence-corrected chi connectivity index (χ2v) is 5.59. The molecule has 0 heterocycles. The number of nitrogen functional groups attached to an aromatic ring is 1. The smallest absolute Gasteiger partial charge is 0.342 e. The van der Waals surface area contributed by atoms with Gasteiger partial charge in [0, 0.05) is 5.69 Å². The summed E-state index contributed by atoms with van der Waals surface area (Å²) in [6, 6.07) is 5.09. The molecule has 20 heavy (non-hydrogen) atoms. The molecule has 1 aliphatic carbocycles. The van der Waals surface area contributed by atoms with Crippen molar-refractivity contribution in [2.24, 2.45) is 0 Å². The zero-order valence-corrected chi connectivity index (χ0v) is 12.2.